The summed E-state index contributed by atoms with van der Waals surface area (Å²) >= 11 is 6.04. The van der Waals surface area contributed by atoms with E-state index in [9.17, 15) is 9.59 Å². The van der Waals surface area contributed by atoms with Gasteiger partial charge in [0, 0.05) is 10.7 Å². The zero-order chi connectivity index (χ0) is 18.5. The van der Waals surface area contributed by atoms with Crippen LogP contribution in [0.15, 0.2) is 60.7 Å². The van der Waals surface area contributed by atoms with Gasteiger partial charge in [-0.1, -0.05) is 60.1 Å². The number of anilines is 1. The van der Waals surface area contributed by atoms with E-state index in [0.29, 0.717) is 10.7 Å². The number of nitrogens with one attached hydrogen (secondary N) is 2. The van der Waals surface area contributed by atoms with Crippen molar-refractivity contribution in [1.82, 2.24) is 5.32 Å². The predicted molar refractivity (Wildman–Crippen MR) is 105 cm³/mol. The monoisotopic (exact) mass is 366 g/mol. The van der Waals surface area contributed by atoms with Crippen LogP contribution in [0.5, 0.6) is 0 Å². The van der Waals surface area contributed by atoms with Gasteiger partial charge in [0.1, 0.15) is 0 Å². The molecule has 0 radical (unpaired) electrons. The molecule has 0 aliphatic rings. The molecule has 3 aromatic rings. The average Bonchev–Trinajstić information content (AvgIpc) is 2.64. The molecule has 3 rings (SSSR count). The summed E-state index contributed by atoms with van der Waals surface area (Å²) in [6.45, 7) is 1.74. The van der Waals surface area contributed by atoms with Crippen molar-refractivity contribution in [1.29, 1.82) is 0 Å². The molecular formula is C21H19ClN2O2. The SMILES string of the molecule is Cc1c(Cl)cccc1NC(=O)CNC(=O)Cc1ccc2ccccc2c1. The third-order valence-corrected chi connectivity index (χ3v) is 4.58. The van der Waals surface area contributed by atoms with E-state index in [4.69, 9.17) is 11.6 Å². The van der Waals surface area contributed by atoms with E-state index < -0.39 is 0 Å². The smallest absolute Gasteiger partial charge is 0.243 e. The number of rotatable bonds is 5. The first-order valence-corrected chi connectivity index (χ1v) is 8.70. The van der Waals surface area contributed by atoms with Gasteiger partial charge in [-0.2, -0.15) is 0 Å². The van der Waals surface area contributed by atoms with Gasteiger partial charge in [0.15, 0.2) is 0 Å². The second-order valence-electron chi connectivity index (χ2n) is 6.10. The lowest BCUT2D eigenvalue weighted by molar-refractivity contribution is -0.123. The molecule has 4 nitrogen and oxygen atoms in total. The lowest BCUT2D eigenvalue weighted by Crippen LogP contribution is -2.33. The fourth-order valence-corrected chi connectivity index (χ4v) is 2.89. The Balaban J connectivity index is 1.54. The van der Waals surface area contributed by atoms with E-state index in [1.807, 2.05) is 49.4 Å². The van der Waals surface area contributed by atoms with Gasteiger partial charge in [0.05, 0.1) is 13.0 Å². The van der Waals surface area contributed by atoms with Crippen LogP contribution < -0.4 is 10.6 Å². The van der Waals surface area contributed by atoms with Gasteiger partial charge >= 0.3 is 0 Å². The summed E-state index contributed by atoms with van der Waals surface area (Å²) in [4.78, 5) is 24.2. The van der Waals surface area contributed by atoms with Gasteiger partial charge in [-0.3, -0.25) is 9.59 Å². The number of benzene rings is 3. The molecule has 0 aliphatic heterocycles. The summed E-state index contributed by atoms with van der Waals surface area (Å²) in [7, 11) is 0. The Bertz CT molecular complexity index is 969. The first-order chi connectivity index (χ1) is 12.5. The van der Waals surface area contributed by atoms with Crippen molar-refractivity contribution >= 4 is 39.9 Å². The van der Waals surface area contributed by atoms with E-state index in [0.717, 1.165) is 21.9 Å². The molecule has 2 amide bonds. The Morgan fingerprint density at radius 2 is 1.69 bits per heavy atom. The zero-order valence-corrected chi connectivity index (χ0v) is 15.1. The van der Waals surface area contributed by atoms with Crippen molar-refractivity contribution < 1.29 is 9.59 Å². The molecule has 5 heteroatoms. The molecule has 0 spiro atoms. The van der Waals surface area contributed by atoms with Crippen LogP contribution in [0.3, 0.4) is 0 Å². The number of carbonyl (C=O) groups excluding carboxylic acids is 2. The van der Waals surface area contributed by atoms with Crippen LogP contribution in [0.4, 0.5) is 5.69 Å². The number of hydrogen-bond donors (Lipinski definition) is 2. The lowest BCUT2D eigenvalue weighted by atomic mass is 10.0. The summed E-state index contributed by atoms with van der Waals surface area (Å²) in [5.74, 6) is -0.486. The minimum absolute atomic E-state index is 0.0850. The fraction of sp³-hybridized carbons (Fsp3) is 0.143. The highest BCUT2D eigenvalue weighted by Crippen LogP contribution is 2.22. The summed E-state index contributed by atoms with van der Waals surface area (Å²) < 4.78 is 0. The molecule has 26 heavy (non-hydrogen) atoms. The molecule has 2 N–H and O–H groups in total. The lowest BCUT2D eigenvalue weighted by Gasteiger charge is -2.10. The molecule has 0 heterocycles. The second-order valence-corrected chi connectivity index (χ2v) is 6.50. The minimum Gasteiger partial charge on any atom is -0.347 e. The van der Waals surface area contributed by atoms with Crippen molar-refractivity contribution in [2.45, 2.75) is 13.3 Å². The molecular weight excluding hydrogens is 348 g/mol. The van der Waals surface area contributed by atoms with Gasteiger partial charge in [0.25, 0.3) is 0 Å². The van der Waals surface area contributed by atoms with E-state index in [1.54, 1.807) is 18.2 Å². The Morgan fingerprint density at radius 3 is 2.50 bits per heavy atom. The third-order valence-electron chi connectivity index (χ3n) is 4.17. The molecule has 0 atom stereocenters. The molecule has 0 unspecified atom stereocenters. The van der Waals surface area contributed by atoms with Crippen molar-refractivity contribution in [2.75, 3.05) is 11.9 Å². The van der Waals surface area contributed by atoms with Gasteiger partial charge in [0.2, 0.25) is 11.8 Å². The zero-order valence-electron chi connectivity index (χ0n) is 14.4. The first-order valence-electron chi connectivity index (χ1n) is 8.32. The highest BCUT2D eigenvalue weighted by molar-refractivity contribution is 6.31. The van der Waals surface area contributed by atoms with Gasteiger partial charge in [-0.15, -0.1) is 0 Å². The number of carbonyl (C=O) groups is 2. The van der Waals surface area contributed by atoms with E-state index in [1.165, 1.54) is 0 Å². The summed E-state index contributed by atoms with van der Waals surface area (Å²) in [6, 6.07) is 19.2. The standard InChI is InChI=1S/C21H19ClN2O2/c1-14-18(22)7-4-8-19(14)24-21(26)13-23-20(25)12-15-9-10-16-5-2-3-6-17(16)11-15/h2-11H,12-13H2,1H3,(H,23,25)(H,24,26). The minimum atomic E-state index is -0.290. The molecule has 0 saturated carbocycles. The van der Waals surface area contributed by atoms with Crippen molar-refractivity contribution in [3.8, 4) is 0 Å². The normalized spacial score (nSPS) is 10.5. The molecule has 0 saturated heterocycles. The Hall–Kier alpha value is -2.85. The highest BCUT2D eigenvalue weighted by atomic mass is 35.5. The largest absolute Gasteiger partial charge is 0.347 e. The van der Waals surface area contributed by atoms with Crippen LogP contribution in [0.1, 0.15) is 11.1 Å². The Kier molecular flexibility index (Phi) is 5.54. The van der Waals surface area contributed by atoms with E-state index >= 15 is 0 Å². The molecule has 0 bridgehead atoms. The Morgan fingerprint density at radius 1 is 0.923 bits per heavy atom. The van der Waals surface area contributed by atoms with Crippen LogP contribution in [0.25, 0.3) is 10.8 Å². The van der Waals surface area contributed by atoms with Crippen molar-refractivity contribution in [2.24, 2.45) is 0 Å². The van der Waals surface area contributed by atoms with Crippen LogP contribution in [-0.4, -0.2) is 18.4 Å². The summed E-state index contributed by atoms with van der Waals surface area (Å²) in [6.07, 6.45) is 0.230. The number of amides is 2. The van der Waals surface area contributed by atoms with Gasteiger partial charge in [-0.05, 0) is 41.0 Å². The molecule has 132 valence electrons. The maximum atomic E-state index is 12.1. The van der Waals surface area contributed by atoms with E-state index in [2.05, 4.69) is 10.6 Å². The Labute approximate surface area is 157 Å². The molecule has 3 aromatic carbocycles. The van der Waals surface area contributed by atoms with Crippen LogP contribution in [0.2, 0.25) is 5.02 Å². The molecule has 0 fully saturated rings. The maximum absolute atomic E-state index is 12.1. The third kappa shape index (κ3) is 4.41. The van der Waals surface area contributed by atoms with E-state index in [-0.39, 0.29) is 24.8 Å². The summed E-state index contributed by atoms with van der Waals surface area (Å²) in [5, 5.41) is 8.21. The first kappa shape index (κ1) is 18.0. The average molecular weight is 367 g/mol. The van der Waals surface area contributed by atoms with Gasteiger partial charge < -0.3 is 10.6 Å². The topological polar surface area (TPSA) is 58.2 Å². The summed E-state index contributed by atoms with van der Waals surface area (Å²) in [5.41, 5.74) is 2.35. The van der Waals surface area contributed by atoms with Crippen molar-refractivity contribution in [3.05, 3.63) is 76.8 Å². The second kappa shape index (κ2) is 8.02. The van der Waals surface area contributed by atoms with Gasteiger partial charge in [-0.25, -0.2) is 0 Å². The number of fused-ring (bicyclic) bond motifs is 1. The van der Waals surface area contributed by atoms with Crippen LogP contribution >= 0.6 is 11.6 Å². The van der Waals surface area contributed by atoms with Crippen molar-refractivity contribution in [3.63, 3.8) is 0 Å². The predicted octanol–water partition coefficient (Wildman–Crippen LogP) is 4.10. The quantitative estimate of drug-likeness (QED) is 0.714. The number of halogens is 1. The van der Waals surface area contributed by atoms with Crippen LogP contribution in [-0.2, 0) is 16.0 Å². The molecule has 0 aliphatic carbocycles. The maximum Gasteiger partial charge on any atom is 0.243 e. The highest BCUT2D eigenvalue weighted by Gasteiger charge is 2.09. The fourth-order valence-electron chi connectivity index (χ4n) is 2.71. The molecule has 0 aromatic heterocycles. The number of hydrogen-bond acceptors (Lipinski definition) is 2. The van der Waals surface area contributed by atoms with Crippen LogP contribution in [0, 0.1) is 6.92 Å².